The van der Waals surface area contributed by atoms with E-state index in [2.05, 4.69) is 0 Å². The Bertz CT molecular complexity index is 551. The maximum atomic E-state index is 10.4. The summed E-state index contributed by atoms with van der Waals surface area (Å²) in [5.41, 5.74) is 0. The minimum Gasteiger partial charge on any atom is -0.481 e. The maximum Gasteiger partial charge on any atom is 0.303 e. The van der Waals surface area contributed by atoms with Gasteiger partial charge in [-0.1, -0.05) is 55.5 Å². The highest BCUT2D eigenvalue weighted by Crippen LogP contribution is 2.25. The lowest BCUT2D eigenvalue weighted by Gasteiger charge is -2.16. The highest BCUT2D eigenvalue weighted by molar-refractivity contribution is 5.66. The molecular weight excluding hydrogens is 360 g/mol. The van der Waals surface area contributed by atoms with E-state index in [1.165, 1.54) is 0 Å². The van der Waals surface area contributed by atoms with E-state index >= 15 is 0 Å². The molecule has 0 aromatic heterocycles. The second-order valence-corrected chi connectivity index (χ2v) is 6.92. The third kappa shape index (κ3) is 10.6. The van der Waals surface area contributed by atoms with Gasteiger partial charge in [0.1, 0.15) is 6.10 Å². The molecule has 1 rings (SSSR count). The zero-order chi connectivity index (χ0) is 20.8. The number of aliphatic hydroxyl groups is 3. The van der Waals surface area contributed by atoms with Crippen molar-refractivity contribution in [1.82, 2.24) is 0 Å². The van der Waals surface area contributed by atoms with Crippen LogP contribution in [0.2, 0.25) is 0 Å². The first-order chi connectivity index (χ1) is 13.4. The standard InChI is InChI=1S/C22H34O6/c1-2-3-8-12-18(24)21-16-19(25)20(28-21)15-14-17(23)11-9-6-4-5-7-10-13-22(26)27/h3,5-9,14-15,17-21,23-25H,2,4,10-13,16H2,1H3,(H,26,27)/b7-5-,8-3-,9-6-,15-14+/t17-,18-,19+,20+,21-/m0/s1. The first kappa shape index (κ1) is 24.3. The molecule has 4 N–H and O–H groups in total. The van der Waals surface area contributed by atoms with Gasteiger partial charge >= 0.3 is 5.97 Å². The van der Waals surface area contributed by atoms with Gasteiger partial charge in [0, 0.05) is 12.8 Å². The molecule has 1 aliphatic heterocycles. The fourth-order valence-corrected chi connectivity index (χ4v) is 2.84. The SMILES string of the molecule is CC/C=C\C[C@H](O)[C@@H]1C[C@@H](O)[C@@H](/C=C/[C@@H](O)C/C=C\C/C=C\CCC(=O)O)O1. The largest absolute Gasteiger partial charge is 0.481 e. The summed E-state index contributed by atoms with van der Waals surface area (Å²) in [5.74, 6) is -0.805. The number of carboxylic acids is 1. The molecule has 1 saturated heterocycles. The van der Waals surface area contributed by atoms with Gasteiger partial charge in [-0.15, -0.1) is 0 Å². The van der Waals surface area contributed by atoms with E-state index in [1.54, 1.807) is 12.2 Å². The average Bonchev–Trinajstić information content (AvgIpc) is 3.03. The van der Waals surface area contributed by atoms with Crippen molar-refractivity contribution in [3.05, 3.63) is 48.6 Å². The van der Waals surface area contributed by atoms with Crippen molar-refractivity contribution in [1.29, 1.82) is 0 Å². The number of hydrogen-bond acceptors (Lipinski definition) is 5. The zero-order valence-corrected chi connectivity index (χ0v) is 16.6. The zero-order valence-electron chi connectivity index (χ0n) is 16.6. The van der Waals surface area contributed by atoms with Crippen molar-refractivity contribution in [2.45, 2.75) is 82.4 Å². The fraction of sp³-hybridized carbons (Fsp3) is 0.591. The topological polar surface area (TPSA) is 107 Å². The van der Waals surface area contributed by atoms with Crippen LogP contribution in [0.5, 0.6) is 0 Å². The monoisotopic (exact) mass is 394 g/mol. The average molecular weight is 395 g/mol. The van der Waals surface area contributed by atoms with Crippen LogP contribution in [0.15, 0.2) is 48.6 Å². The van der Waals surface area contributed by atoms with Crippen LogP contribution in [0, 0.1) is 0 Å². The van der Waals surface area contributed by atoms with Crippen molar-refractivity contribution >= 4 is 5.97 Å². The molecule has 0 unspecified atom stereocenters. The van der Waals surface area contributed by atoms with Gasteiger partial charge < -0.3 is 25.2 Å². The molecule has 0 amide bonds. The Morgan fingerprint density at radius 2 is 1.82 bits per heavy atom. The Hall–Kier alpha value is -1.73. The smallest absolute Gasteiger partial charge is 0.303 e. The maximum absolute atomic E-state index is 10.4. The highest BCUT2D eigenvalue weighted by Gasteiger charge is 2.35. The summed E-state index contributed by atoms with van der Waals surface area (Å²) in [6.45, 7) is 2.03. The Balaban J connectivity index is 2.29. The molecule has 1 fully saturated rings. The molecular formula is C22H34O6. The lowest BCUT2D eigenvalue weighted by Crippen LogP contribution is -2.25. The third-order valence-corrected chi connectivity index (χ3v) is 4.42. The van der Waals surface area contributed by atoms with Crippen molar-refractivity contribution in [2.75, 3.05) is 0 Å². The van der Waals surface area contributed by atoms with E-state index in [0.717, 1.165) is 6.42 Å². The van der Waals surface area contributed by atoms with E-state index in [9.17, 15) is 20.1 Å². The van der Waals surface area contributed by atoms with Gasteiger partial charge in [0.2, 0.25) is 0 Å². The third-order valence-electron chi connectivity index (χ3n) is 4.42. The van der Waals surface area contributed by atoms with Gasteiger partial charge in [0.25, 0.3) is 0 Å². The first-order valence-electron chi connectivity index (χ1n) is 9.98. The Labute approximate surface area is 167 Å². The molecule has 0 radical (unpaired) electrons. The van der Waals surface area contributed by atoms with Crippen LogP contribution in [0.25, 0.3) is 0 Å². The number of aliphatic carboxylic acids is 1. The van der Waals surface area contributed by atoms with Crippen molar-refractivity contribution in [3.8, 4) is 0 Å². The first-order valence-corrected chi connectivity index (χ1v) is 9.98. The van der Waals surface area contributed by atoms with Crippen molar-refractivity contribution in [3.63, 3.8) is 0 Å². The molecule has 0 aliphatic carbocycles. The van der Waals surface area contributed by atoms with Gasteiger partial charge in [-0.25, -0.2) is 0 Å². The summed E-state index contributed by atoms with van der Waals surface area (Å²) >= 11 is 0. The number of allylic oxidation sites excluding steroid dienone is 4. The number of carbonyl (C=O) groups is 1. The van der Waals surface area contributed by atoms with Crippen LogP contribution in [-0.4, -0.2) is 56.9 Å². The fourth-order valence-electron chi connectivity index (χ4n) is 2.84. The molecule has 0 aromatic carbocycles. The van der Waals surface area contributed by atoms with Crippen molar-refractivity contribution in [2.24, 2.45) is 0 Å². The molecule has 28 heavy (non-hydrogen) atoms. The molecule has 158 valence electrons. The van der Waals surface area contributed by atoms with Gasteiger partial charge in [-0.3, -0.25) is 4.79 Å². The predicted molar refractivity (Wildman–Crippen MR) is 109 cm³/mol. The van der Waals surface area contributed by atoms with Gasteiger partial charge in [-0.05, 0) is 32.1 Å². The summed E-state index contributed by atoms with van der Waals surface area (Å²) in [5, 5.41) is 38.8. The molecule has 1 heterocycles. The molecule has 6 heteroatoms. The molecule has 0 aromatic rings. The molecule has 1 aliphatic rings. The molecule has 0 saturated carbocycles. The van der Waals surface area contributed by atoms with Gasteiger partial charge in [0.05, 0.1) is 24.4 Å². The quantitative estimate of drug-likeness (QED) is 0.358. The summed E-state index contributed by atoms with van der Waals surface area (Å²) in [6.07, 6.45) is 15.3. The van der Waals surface area contributed by atoms with Crippen molar-refractivity contribution < 1.29 is 30.0 Å². The predicted octanol–water partition coefficient (Wildman–Crippen LogP) is 2.90. The lowest BCUT2D eigenvalue weighted by molar-refractivity contribution is -0.136. The molecule has 0 spiro atoms. The Kier molecular flexibility index (Phi) is 12.4. The second-order valence-electron chi connectivity index (χ2n) is 6.92. The highest BCUT2D eigenvalue weighted by atomic mass is 16.5. The number of rotatable bonds is 13. The Morgan fingerprint density at radius 3 is 2.54 bits per heavy atom. The molecule has 6 nitrogen and oxygen atoms in total. The number of carboxylic acid groups (broad SMARTS) is 1. The lowest BCUT2D eigenvalue weighted by atomic mass is 10.0. The van der Waals surface area contributed by atoms with E-state index in [4.69, 9.17) is 9.84 Å². The summed E-state index contributed by atoms with van der Waals surface area (Å²) < 4.78 is 5.71. The van der Waals surface area contributed by atoms with Crippen LogP contribution in [0.4, 0.5) is 0 Å². The van der Waals surface area contributed by atoms with Gasteiger partial charge in [-0.2, -0.15) is 0 Å². The van der Waals surface area contributed by atoms with Crippen LogP contribution >= 0.6 is 0 Å². The van der Waals surface area contributed by atoms with Gasteiger partial charge in [0.15, 0.2) is 0 Å². The van der Waals surface area contributed by atoms with E-state index in [1.807, 2.05) is 43.4 Å². The van der Waals surface area contributed by atoms with E-state index < -0.39 is 36.5 Å². The van der Waals surface area contributed by atoms with E-state index in [-0.39, 0.29) is 6.42 Å². The summed E-state index contributed by atoms with van der Waals surface area (Å²) in [4.78, 5) is 10.4. The van der Waals surface area contributed by atoms with Crippen LogP contribution in [-0.2, 0) is 9.53 Å². The summed E-state index contributed by atoms with van der Waals surface area (Å²) in [6, 6.07) is 0. The molecule has 5 atom stereocenters. The number of ether oxygens (including phenoxy) is 1. The van der Waals surface area contributed by atoms with Crippen LogP contribution in [0.3, 0.4) is 0 Å². The Morgan fingerprint density at radius 1 is 1.11 bits per heavy atom. The molecule has 0 bridgehead atoms. The van der Waals surface area contributed by atoms with Crippen LogP contribution in [0.1, 0.15) is 51.9 Å². The summed E-state index contributed by atoms with van der Waals surface area (Å²) in [7, 11) is 0. The minimum atomic E-state index is -0.805. The second kappa shape index (κ2) is 14.3. The van der Waals surface area contributed by atoms with E-state index in [0.29, 0.717) is 32.1 Å². The number of hydrogen-bond donors (Lipinski definition) is 4. The minimum absolute atomic E-state index is 0.131. The normalized spacial score (nSPS) is 25.5. The number of aliphatic hydroxyl groups excluding tert-OH is 3. The van der Waals surface area contributed by atoms with Crippen LogP contribution < -0.4 is 0 Å².